The summed E-state index contributed by atoms with van der Waals surface area (Å²) in [7, 11) is -3.52. The maximum Gasteiger partial charge on any atom is 0.306 e. The Bertz CT molecular complexity index is 1240. The number of benzene rings is 1. The van der Waals surface area contributed by atoms with Gasteiger partial charge in [-0.3, -0.25) is 4.79 Å². The lowest BCUT2D eigenvalue weighted by Crippen LogP contribution is -2.30. The summed E-state index contributed by atoms with van der Waals surface area (Å²) < 4.78 is 29.6. The quantitative estimate of drug-likeness (QED) is 0.393. The van der Waals surface area contributed by atoms with Gasteiger partial charge in [-0.25, -0.2) is 23.2 Å². The maximum absolute atomic E-state index is 11.1. The molecule has 1 aliphatic rings. The van der Waals surface area contributed by atoms with Crippen molar-refractivity contribution in [1.82, 2.24) is 19.7 Å². The van der Waals surface area contributed by atoms with Crippen LogP contribution < -0.4 is 15.2 Å². The average molecular weight is 475 g/mol. The summed E-state index contributed by atoms with van der Waals surface area (Å²) in [5.74, 6) is 0.484. The first-order valence-electron chi connectivity index (χ1n) is 10.7. The van der Waals surface area contributed by atoms with Gasteiger partial charge in [0.2, 0.25) is 16.0 Å². The van der Waals surface area contributed by atoms with Crippen LogP contribution in [-0.2, 0) is 14.8 Å². The minimum atomic E-state index is -3.52. The zero-order valence-electron chi connectivity index (χ0n) is 17.9. The topological polar surface area (TPSA) is 162 Å². The summed E-state index contributed by atoms with van der Waals surface area (Å²) in [5, 5.41) is 22.7. The van der Waals surface area contributed by atoms with Crippen molar-refractivity contribution in [2.24, 2.45) is 11.1 Å². The van der Waals surface area contributed by atoms with Crippen molar-refractivity contribution >= 4 is 32.8 Å². The van der Waals surface area contributed by atoms with Gasteiger partial charge in [-0.15, -0.1) is 0 Å². The number of hydrogen-bond donors (Lipinski definition) is 3. The van der Waals surface area contributed by atoms with Crippen molar-refractivity contribution in [1.29, 1.82) is 0 Å². The van der Waals surface area contributed by atoms with Crippen molar-refractivity contribution in [3.8, 4) is 11.6 Å². The molecule has 4 N–H and O–H groups in total. The number of carbonyl (C=O) groups is 1. The minimum Gasteiger partial charge on any atom is -0.493 e. The van der Waals surface area contributed by atoms with E-state index < -0.39 is 16.0 Å². The summed E-state index contributed by atoms with van der Waals surface area (Å²) in [6.07, 6.45) is 6.38. The smallest absolute Gasteiger partial charge is 0.306 e. The van der Waals surface area contributed by atoms with Gasteiger partial charge in [-0.05, 0) is 44.2 Å². The molecule has 12 heteroatoms. The molecule has 0 radical (unpaired) electrons. The van der Waals surface area contributed by atoms with Gasteiger partial charge in [-0.2, -0.15) is 10.1 Å². The van der Waals surface area contributed by atoms with Crippen LogP contribution in [0.5, 0.6) is 5.75 Å². The lowest BCUT2D eigenvalue weighted by atomic mass is 9.86. The van der Waals surface area contributed by atoms with E-state index in [2.05, 4.69) is 20.4 Å². The molecule has 11 nitrogen and oxygen atoms in total. The number of carboxylic acid groups (broad SMARTS) is 1. The number of anilines is 1. The van der Waals surface area contributed by atoms with Crippen molar-refractivity contribution in [3.63, 3.8) is 0 Å². The molecule has 0 spiro atoms. The van der Waals surface area contributed by atoms with E-state index in [0.29, 0.717) is 36.8 Å². The molecule has 3 aromatic rings. The van der Waals surface area contributed by atoms with E-state index in [1.54, 1.807) is 29.2 Å². The lowest BCUT2D eigenvalue weighted by Gasteiger charge is -2.26. The van der Waals surface area contributed by atoms with Crippen LogP contribution in [0.3, 0.4) is 0 Å². The second-order valence-electron chi connectivity index (χ2n) is 8.08. The van der Waals surface area contributed by atoms with E-state index in [0.717, 1.165) is 23.7 Å². The van der Waals surface area contributed by atoms with E-state index >= 15 is 0 Å². The Morgan fingerprint density at radius 1 is 1.24 bits per heavy atom. The average Bonchev–Trinajstić information content (AvgIpc) is 3.22. The number of nitrogens with two attached hydrogens (primary N) is 1. The zero-order valence-corrected chi connectivity index (χ0v) is 18.7. The van der Waals surface area contributed by atoms with Gasteiger partial charge in [-0.1, -0.05) is 6.07 Å². The highest BCUT2D eigenvalue weighted by molar-refractivity contribution is 7.89. The zero-order chi connectivity index (χ0) is 23.4. The molecule has 0 bridgehead atoms. The normalized spacial score (nSPS) is 18.8. The molecule has 2 aromatic heterocycles. The van der Waals surface area contributed by atoms with Crippen LogP contribution in [0.15, 0.2) is 36.7 Å². The second kappa shape index (κ2) is 9.71. The number of aliphatic carboxylic acids is 1. The van der Waals surface area contributed by atoms with Gasteiger partial charge in [0.1, 0.15) is 5.75 Å². The van der Waals surface area contributed by atoms with Crippen molar-refractivity contribution in [2.75, 3.05) is 17.7 Å². The number of hydrogen-bond acceptors (Lipinski definition) is 8. The van der Waals surface area contributed by atoms with Crippen LogP contribution in [0.4, 0.5) is 5.95 Å². The predicted molar refractivity (Wildman–Crippen MR) is 122 cm³/mol. The van der Waals surface area contributed by atoms with Crippen LogP contribution in [0.1, 0.15) is 32.1 Å². The minimum absolute atomic E-state index is 0.127. The van der Waals surface area contributed by atoms with Gasteiger partial charge in [0, 0.05) is 18.3 Å². The van der Waals surface area contributed by atoms with Gasteiger partial charge in [0.25, 0.3) is 0 Å². The lowest BCUT2D eigenvalue weighted by molar-refractivity contribution is -0.142. The number of primary sulfonamides is 1. The molecule has 0 amide bonds. The predicted octanol–water partition coefficient (Wildman–Crippen LogP) is 1.93. The number of ether oxygens (including phenoxy) is 1. The Balaban J connectivity index is 1.46. The Morgan fingerprint density at radius 2 is 2.03 bits per heavy atom. The molecule has 1 aromatic carbocycles. The number of carboxylic acids is 1. The van der Waals surface area contributed by atoms with E-state index in [9.17, 15) is 13.2 Å². The molecule has 0 atom stereocenters. The molecular weight excluding hydrogens is 448 g/mol. The van der Waals surface area contributed by atoms with Crippen LogP contribution in [-0.4, -0.2) is 57.6 Å². The molecule has 176 valence electrons. The van der Waals surface area contributed by atoms with Crippen molar-refractivity contribution in [2.45, 2.75) is 38.1 Å². The second-order valence-corrected chi connectivity index (χ2v) is 9.82. The van der Waals surface area contributed by atoms with E-state index in [1.165, 1.54) is 0 Å². The number of fused-ring (bicyclic) bond motifs is 1. The van der Waals surface area contributed by atoms with Crippen LogP contribution in [0, 0.1) is 5.92 Å². The first-order chi connectivity index (χ1) is 15.8. The standard InChI is InChI=1S/C21H26N6O5S/c22-33(30,31)12-2-11-32-18-4-1-3-17-16(18)13-24-27(17)19-9-10-23-21(26-19)25-15-7-5-14(6-8-15)20(28)29/h1,3-4,9-10,13-15H,2,5-8,11-12H2,(H,28,29)(H2,22,30,31)(H,23,25,26). The van der Waals surface area contributed by atoms with E-state index in [-0.39, 0.29) is 24.3 Å². The third kappa shape index (κ3) is 5.76. The first-order valence-corrected chi connectivity index (χ1v) is 12.4. The van der Waals surface area contributed by atoms with Gasteiger partial charge >= 0.3 is 5.97 Å². The molecule has 1 fully saturated rings. The summed E-state index contributed by atoms with van der Waals surface area (Å²) in [6.45, 7) is 0.215. The highest BCUT2D eigenvalue weighted by atomic mass is 32.2. The number of nitrogens with one attached hydrogen (secondary N) is 1. The molecule has 0 saturated heterocycles. The van der Waals surface area contributed by atoms with Gasteiger partial charge in [0.15, 0.2) is 5.82 Å². The largest absolute Gasteiger partial charge is 0.493 e. The van der Waals surface area contributed by atoms with E-state index in [4.69, 9.17) is 15.0 Å². The summed E-state index contributed by atoms with van der Waals surface area (Å²) >= 11 is 0. The monoisotopic (exact) mass is 474 g/mol. The Labute approximate surface area is 191 Å². The SMILES string of the molecule is NS(=O)(=O)CCCOc1cccc2c1cnn2-c1ccnc(NC2CCC(C(=O)O)CC2)n1. The van der Waals surface area contributed by atoms with Crippen LogP contribution in [0.25, 0.3) is 16.7 Å². The maximum atomic E-state index is 11.1. The third-order valence-electron chi connectivity index (χ3n) is 5.67. The van der Waals surface area contributed by atoms with Crippen molar-refractivity contribution in [3.05, 3.63) is 36.7 Å². The molecular formula is C21H26N6O5S. The fourth-order valence-corrected chi connectivity index (χ4v) is 4.50. The molecule has 0 unspecified atom stereocenters. The summed E-state index contributed by atoms with van der Waals surface area (Å²) in [4.78, 5) is 20.0. The fraction of sp³-hybridized carbons (Fsp3) is 0.429. The Hall–Kier alpha value is -3.25. The third-order valence-corrected chi connectivity index (χ3v) is 6.53. The highest BCUT2D eigenvalue weighted by Crippen LogP contribution is 2.28. The van der Waals surface area contributed by atoms with Crippen LogP contribution >= 0.6 is 0 Å². The fourth-order valence-electron chi connectivity index (χ4n) is 3.98. The molecule has 0 aliphatic heterocycles. The first kappa shape index (κ1) is 22.9. The number of aromatic nitrogens is 4. The molecule has 1 aliphatic carbocycles. The molecule has 4 rings (SSSR count). The Morgan fingerprint density at radius 3 is 2.76 bits per heavy atom. The number of sulfonamides is 1. The van der Waals surface area contributed by atoms with Crippen molar-refractivity contribution < 1.29 is 23.1 Å². The molecule has 2 heterocycles. The summed E-state index contributed by atoms with van der Waals surface area (Å²) in [5.41, 5.74) is 0.783. The summed E-state index contributed by atoms with van der Waals surface area (Å²) in [6, 6.07) is 7.39. The Kier molecular flexibility index (Phi) is 6.75. The van der Waals surface area contributed by atoms with Crippen LogP contribution in [0.2, 0.25) is 0 Å². The van der Waals surface area contributed by atoms with Gasteiger partial charge < -0.3 is 15.2 Å². The highest BCUT2D eigenvalue weighted by Gasteiger charge is 2.26. The number of nitrogens with zero attached hydrogens (tertiary/aromatic N) is 4. The number of rotatable bonds is 9. The molecule has 33 heavy (non-hydrogen) atoms. The van der Waals surface area contributed by atoms with E-state index in [1.807, 2.05) is 12.1 Å². The molecule has 1 saturated carbocycles. The van der Waals surface area contributed by atoms with Gasteiger partial charge in [0.05, 0.1) is 35.4 Å².